The molecular weight excluding hydrogens is 406 g/mol. The molecule has 0 amide bonds. The summed E-state index contributed by atoms with van der Waals surface area (Å²) in [5, 5.41) is 7.18. The van der Waals surface area contributed by atoms with Crippen LogP contribution in [0.2, 0.25) is 5.02 Å². The molecule has 30 heavy (non-hydrogen) atoms. The summed E-state index contributed by atoms with van der Waals surface area (Å²) in [6, 6.07) is 11.3. The fourth-order valence-corrected chi connectivity index (χ4v) is 3.02. The molecule has 2 aromatic rings. The summed E-state index contributed by atoms with van der Waals surface area (Å²) in [5.41, 5.74) is 0.965. The lowest BCUT2D eigenvalue weighted by molar-refractivity contribution is 0.199. The molecule has 0 saturated heterocycles. The van der Waals surface area contributed by atoms with Crippen LogP contribution in [-0.4, -0.2) is 47.0 Å². The normalized spacial score (nSPS) is 12.1. The van der Waals surface area contributed by atoms with Gasteiger partial charge in [0.2, 0.25) is 5.75 Å². The molecule has 2 aromatic carbocycles. The smallest absolute Gasteiger partial charge is 0.203 e. The molecule has 0 aliphatic rings. The lowest BCUT2D eigenvalue weighted by Gasteiger charge is -2.21. The third kappa shape index (κ3) is 6.35. The van der Waals surface area contributed by atoms with Crippen LogP contribution in [0.1, 0.15) is 18.9 Å². The Bertz CT molecular complexity index is 820. The highest BCUT2D eigenvalue weighted by Gasteiger charge is 2.14. The van der Waals surface area contributed by atoms with E-state index in [9.17, 15) is 0 Å². The highest BCUT2D eigenvalue weighted by Crippen LogP contribution is 2.38. The second-order valence-electron chi connectivity index (χ2n) is 6.42. The van der Waals surface area contributed by atoms with E-state index in [1.807, 2.05) is 36.4 Å². The minimum atomic E-state index is -0.0513. The Morgan fingerprint density at radius 1 is 1.00 bits per heavy atom. The van der Waals surface area contributed by atoms with Gasteiger partial charge >= 0.3 is 0 Å². The van der Waals surface area contributed by atoms with Crippen LogP contribution in [0.4, 0.5) is 0 Å². The van der Waals surface area contributed by atoms with Gasteiger partial charge in [-0.2, -0.15) is 0 Å². The zero-order valence-electron chi connectivity index (χ0n) is 18.1. The van der Waals surface area contributed by atoms with Crippen molar-refractivity contribution in [2.24, 2.45) is 4.99 Å². The number of halogens is 1. The molecule has 0 saturated carbocycles. The van der Waals surface area contributed by atoms with E-state index in [0.717, 1.165) is 12.0 Å². The number of rotatable bonds is 10. The fraction of sp³-hybridized carbons (Fsp3) is 0.409. The minimum absolute atomic E-state index is 0.0513. The first-order valence-corrected chi connectivity index (χ1v) is 10.1. The molecule has 0 spiro atoms. The molecule has 0 radical (unpaired) electrons. The van der Waals surface area contributed by atoms with Gasteiger partial charge in [-0.1, -0.05) is 30.7 Å². The van der Waals surface area contributed by atoms with Crippen LogP contribution in [0.5, 0.6) is 23.0 Å². The number of methoxy groups -OCH3 is 3. The number of ether oxygens (including phenoxy) is 4. The van der Waals surface area contributed by atoms with Gasteiger partial charge in [0.1, 0.15) is 11.9 Å². The summed E-state index contributed by atoms with van der Waals surface area (Å²) in [6.45, 7) is 3.17. The Kier molecular flexibility index (Phi) is 9.41. The van der Waals surface area contributed by atoms with Crippen molar-refractivity contribution in [2.75, 3.05) is 34.9 Å². The van der Waals surface area contributed by atoms with Crippen LogP contribution in [0.15, 0.2) is 41.4 Å². The Morgan fingerprint density at radius 2 is 1.67 bits per heavy atom. The van der Waals surface area contributed by atoms with Crippen molar-refractivity contribution in [3.8, 4) is 23.0 Å². The van der Waals surface area contributed by atoms with E-state index in [4.69, 9.17) is 30.5 Å². The summed E-state index contributed by atoms with van der Waals surface area (Å²) in [6.07, 6.45) is 0.770. The number of benzene rings is 2. The SMILES string of the molecule is CCC(CNC(=NC)NCc1cc(OC)c(OC)c(OC)c1)Oc1ccccc1Cl. The predicted molar refractivity (Wildman–Crippen MR) is 120 cm³/mol. The van der Waals surface area contributed by atoms with Crippen molar-refractivity contribution in [1.82, 2.24) is 10.6 Å². The predicted octanol–water partition coefficient (Wildman–Crippen LogP) is 3.89. The standard InChI is InChI=1S/C22H30ClN3O4/c1-6-16(30-18-10-8-7-9-17(18)23)14-26-22(24-2)25-13-15-11-19(27-3)21(29-5)20(12-15)28-4/h7-12,16H,6,13-14H2,1-5H3,(H2,24,25,26). The van der Waals surface area contributed by atoms with E-state index in [2.05, 4.69) is 22.5 Å². The van der Waals surface area contributed by atoms with E-state index >= 15 is 0 Å². The van der Waals surface area contributed by atoms with E-state index in [1.165, 1.54) is 0 Å². The molecular formula is C22H30ClN3O4. The Hall–Kier alpha value is -2.80. The third-order valence-corrected chi connectivity index (χ3v) is 4.80. The molecule has 0 fully saturated rings. The average Bonchev–Trinajstić information content (AvgIpc) is 2.78. The molecule has 2 N–H and O–H groups in total. The zero-order chi connectivity index (χ0) is 21.9. The average molecular weight is 436 g/mol. The van der Waals surface area contributed by atoms with Crippen molar-refractivity contribution in [3.63, 3.8) is 0 Å². The van der Waals surface area contributed by atoms with Crippen LogP contribution >= 0.6 is 11.6 Å². The van der Waals surface area contributed by atoms with Crippen LogP contribution in [0.25, 0.3) is 0 Å². The first-order chi connectivity index (χ1) is 14.6. The van der Waals surface area contributed by atoms with E-state index in [-0.39, 0.29) is 6.10 Å². The molecule has 1 atom stereocenters. The molecule has 164 valence electrons. The quantitative estimate of drug-likeness (QED) is 0.435. The molecule has 1 unspecified atom stereocenters. The van der Waals surface area contributed by atoms with Gasteiger partial charge in [-0.25, -0.2) is 0 Å². The fourth-order valence-electron chi connectivity index (χ4n) is 2.84. The molecule has 7 nitrogen and oxygen atoms in total. The number of para-hydroxylation sites is 1. The van der Waals surface area contributed by atoms with Gasteiger partial charge in [0.05, 0.1) is 32.9 Å². The summed E-state index contributed by atoms with van der Waals surface area (Å²) in [7, 11) is 6.50. The molecule has 0 bridgehead atoms. The lowest BCUT2D eigenvalue weighted by Crippen LogP contribution is -2.42. The van der Waals surface area contributed by atoms with E-state index in [1.54, 1.807) is 28.4 Å². The number of aliphatic imine (C=N–C) groups is 1. The van der Waals surface area contributed by atoms with Crippen molar-refractivity contribution in [3.05, 3.63) is 47.0 Å². The lowest BCUT2D eigenvalue weighted by atomic mass is 10.2. The third-order valence-electron chi connectivity index (χ3n) is 4.49. The zero-order valence-corrected chi connectivity index (χ0v) is 18.9. The minimum Gasteiger partial charge on any atom is -0.493 e. The first-order valence-electron chi connectivity index (χ1n) is 9.70. The maximum Gasteiger partial charge on any atom is 0.203 e. The number of hydrogen-bond donors (Lipinski definition) is 2. The molecule has 0 aliphatic carbocycles. The van der Waals surface area contributed by atoms with Gasteiger partial charge in [0, 0.05) is 13.6 Å². The van der Waals surface area contributed by atoms with Crippen molar-refractivity contribution < 1.29 is 18.9 Å². The second kappa shape index (κ2) is 12.0. The van der Waals surface area contributed by atoms with Crippen molar-refractivity contribution in [1.29, 1.82) is 0 Å². The topological polar surface area (TPSA) is 73.3 Å². The highest BCUT2D eigenvalue weighted by molar-refractivity contribution is 6.32. The number of nitrogens with one attached hydrogen (secondary N) is 2. The number of nitrogens with zero attached hydrogens (tertiary/aromatic N) is 1. The first kappa shape index (κ1) is 23.5. The largest absolute Gasteiger partial charge is 0.493 e. The number of hydrogen-bond acceptors (Lipinski definition) is 5. The summed E-state index contributed by atoms with van der Waals surface area (Å²) < 4.78 is 22.2. The molecule has 0 aromatic heterocycles. The summed E-state index contributed by atoms with van der Waals surface area (Å²) in [4.78, 5) is 4.28. The van der Waals surface area contributed by atoms with Crippen LogP contribution < -0.4 is 29.6 Å². The molecule has 0 heterocycles. The van der Waals surface area contributed by atoms with Gasteiger partial charge < -0.3 is 29.6 Å². The van der Waals surface area contributed by atoms with Crippen molar-refractivity contribution in [2.45, 2.75) is 26.0 Å². The van der Waals surface area contributed by atoms with Crippen LogP contribution in [0, 0.1) is 0 Å². The second-order valence-corrected chi connectivity index (χ2v) is 6.83. The maximum atomic E-state index is 6.19. The van der Waals surface area contributed by atoms with Gasteiger partial charge in [0.15, 0.2) is 17.5 Å². The van der Waals surface area contributed by atoms with Crippen LogP contribution in [-0.2, 0) is 6.54 Å². The molecule has 8 heteroatoms. The van der Waals surface area contributed by atoms with Gasteiger partial charge in [-0.05, 0) is 36.2 Å². The van der Waals surface area contributed by atoms with Crippen molar-refractivity contribution >= 4 is 17.6 Å². The van der Waals surface area contributed by atoms with E-state index in [0.29, 0.717) is 47.1 Å². The van der Waals surface area contributed by atoms with Gasteiger partial charge in [-0.3, -0.25) is 4.99 Å². The summed E-state index contributed by atoms with van der Waals surface area (Å²) >= 11 is 6.19. The Morgan fingerprint density at radius 3 is 2.20 bits per heavy atom. The maximum absolute atomic E-state index is 6.19. The summed E-state index contributed by atoms with van der Waals surface area (Å²) in [5.74, 6) is 3.11. The molecule has 2 rings (SSSR count). The van der Waals surface area contributed by atoms with Crippen LogP contribution in [0.3, 0.4) is 0 Å². The van der Waals surface area contributed by atoms with E-state index < -0.39 is 0 Å². The Labute approximate surface area is 183 Å². The number of guanidine groups is 1. The highest BCUT2D eigenvalue weighted by atomic mass is 35.5. The van der Waals surface area contributed by atoms with Gasteiger partial charge in [-0.15, -0.1) is 0 Å². The van der Waals surface area contributed by atoms with Gasteiger partial charge in [0.25, 0.3) is 0 Å². The monoisotopic (exact) mass is 435 g/mol. The Balaban J connectivity index is 1.97. The molecule has 0 aliphatic heterocycles.